The summed E-state index contributed by atoms with van der Waals surface area (Å²) in [6, 6.07) is 25.2. The van der Waals surface area contributed by atoms with E-state index in [1.165, 1.54) is 41.5 Å². The molecule has 158 valence electrons. The van der Waals surface area contributed by atoms with Crippen LogP contribution < -0.4 is 5.19 Å². The van der Waals surface area contributed by atoms with Gasteiger partial charge in [0.2, 0.25) is 0 Å². The Morgan fingerprint density at radius 2 is 1.58 bits per heavy atom. The van der Waals surface area contributed by atoms with Crippen molar-refractivity contribution < 1.29 is 26.2 Å². The molecule has 0 nitrogen and oxygen atoms in total. The van der Waals surface area contributed by atoms with Gasteiger partial charge in [-0.15, -0.1) is 12.4 Å². The van der Waals surface area contributed by atoms with Crippen molar-refractivity contribution in [3.63, 3.8) is 0 Å². The third-order valence-corrected chi connectivity index (χ3v) is 12.3. The average Bonchev–Trinajstić information content (AvgIpc) is 3.31. The Kier molecular flexibility index (Phi) is 7.36. The summed E-state index contributed by atoms with van der Waals surface area (Å²) in [5.41, 5.74) is 9.00. The topological polar surface area (TPSA) is 0 Å². The zero-order valence-corrected chi connectivity index (χ0v) is 23.0. The van der Waals surface area contributed by atoms with Gasteiger partial charge in [-0.1, -0.05) is 117 Å². The van der Waals surface area contributed by atoms with Gasteiger partial charge in [0.1, 0.15) is 0 Å². The maximum Gasteiger partial charge on any atom is 0.0958 e. The fourth-order valence-electron chi connectivity index (χ4n) is 5.88. The molecule has 0 heterocycles. The second-order valence-electron chi connectivity index (χ2n) is 9.29. The fraction of sp³-hybridized carbons (Fsp3) is 0.286. The largest absolute Gasteiger partial charge is 0.147 e. The van der Waals surface area contributed by atoms with Crippen molar-refractivity contribution in [3.8, 4) is 11.1 Å². The Morgan fingerprint density at radius 3 is 2.39 bits per heavy atom. The van der Waals surface area contributed by atoms with Crippen LogP contribution in [-0.4, -0.2) is 8.07 Å². The molecule has 0 fully saturated rings. The molecule has 0 bridgehead atoms. The first-order valence-electron chi connectivity index (χ1n) is 11.1. The normalized spacial score (nSPS) is 17.9. The number of hydrogen-bond acceptors (Lipinski definition) is 0. The van der Waals surface area contributed by atoms with Gasteiger partial charge in [-0.2, -0.15) is 0 Å². The molecule has 3 aromatic rings. The van der Waals surface area contributed by atoms with E-state index in [1.54, 1.807) is 16.3 Å². The molecule has 0 aromatic heterocycles. The average molecular weight is 522 g/mol. The first-order valence-corrected chi connectivity index (χ1v) is 14.1. The van der Waals surface area contributed by atoms with Crippen molar-refractivity contribution in [2.75, 3.05) is 0 Å². The van der Waals surface area contributed by atoms with E-state index < -0.39 is 8.07 Å². The molecule has 0 amide bonds. The second-order valence-corrected chi connectivity index (χ2v) is 14.0. The van der Waals surface area contributed by atoms with Crippen molar-refractivity contribution in [3.05, 3.63) is 95.1 Å². The molecule has 3 aromatic carbocycles. The number of hydrogen-bond donors (Lipinski definition) is 0. The molecule has 1 unspecified atom stereocenters. The second kappa shape index (κ2) is 9.34. The van der Waals surface area contributed by atoms with E-state index in [9.17, 15) is 0 Å². The van der Waals surface area contributed by atoms with Crippen molar-refractivity contribution in [1.29, 1.82) is 0 Å². The fourth-order valence-corrected chi connectivity index (χ4v) is 10.1. The Morgan fingerprint density at radius 1 is 0.871 bits per heavy atom. The number of rotatable bonds is 5. The molecule has 31 heavy (non-hydrogen) atoms. The summed E-state index contributed by atoms with van der Waals surface area (Å²) >= 11 is 0. The van der Waals surface area contributed by atoms with Crippen LogP contribution in [0.25, 0.3) is 17.2 Å². The number of halogens is 1. The van der Waals surface area contributed by atoms with Gasteiger partial charge in [0.15, 0.2) is 0 Å². The Labute approximate surface area is 213 Å². The van der Waals surface area contributed by atoms with Crippen LogP contribution in [0.2, 0.25) is 13.1 Å². The van der Waals surface area contributed by atoms with Gasteiger partial charge >= 0.3 is 0 Å². The third kappa shape index (κ3) is 3.69. The van der Waals surface area contributed by atoms with Gasteiger partial charge in [0.05, 0.1) is 8.07 Å². The maximum atomic E-state index is 2.62. The standard InChI is InChI=1S/C28H30Si.ClH.Zr/c1-4-5-18-28(19-17-21-11-7-9-15-26(21)28)29(2,3)27-16-10-14-24-23-13-8-6-12-22(23)20-25(24)27;;/h6-17,19H,4-5,18,20H2,1-3H3;1H;. The number of allylic oxidation sites excluding steroid dienone is 1. The first-order chi connectivity index (χ1) is 14.1. The molecule has 2 aliphatic carbocycles. The van der Waals surface area contributed by atoms with E-state index in [-0.39, 0.29) is 43.6 Å². The summed E-state index contributed by atoms with van der Waals surface area (Å²) < 4.78 is 0. The summed E-state index contributed by atoms with van der Waals surface area (Å²) in [4.78, 5) is 0. The van der Waals surface area contributed by atoms with Gasteiger partial charge in [-0.3, -0.25) is 0 Å². The first kappa shape index (κ1) is 24.4. The molecule has 3 heteroatoms. The van der Waals surface area contributed by atoms with Crippen LogP contribution in [0.15, 0.2) is 72.8 Å². The van der Waals surface area contributed by atoms with E-state index in [4.69, 9.17) is 0 Å². The van der Waals surface area contributed by atoms with Crippen molar-refractivity contribution in [2.24, 2.45) is 0 Å². The summed E-state index contributed by atoms with van der Waals surface area (Å²) in [6.07, 6.45) is 9.86. The van der Waals surface area contributed by atoms with Crippen LogP contribution in [0, 0.1) is 0 Å². The SMILES string of the molecule is CCCCC1([Si](C)(C)c2cccc3c2Cc2ccccc2-3)C=Cc2ccccc21.Cl.[Zr]. The van der Waals surface area contributed by atoms with Crippen LogP contribution in [-0.2, 0) is 37.7 Å². The van der Waals surface area contributed by atoms with Gasteiger partial charge < -0.3 is 0 Å². The smallest absolute Gasteiger partial charge is 0.0958 e. The van der Waals surface area contributed by atoms with Crippen LogP contribution in [0.4, 0.5) is 0 Å². The number of fused-ring (bicyclic) bond motifs is 4. The van der Waals surface area contributed by atoms with E-state index >= 15 is 0 Å². The predicted octanol–water partition coefficient (Wildman–Crippen LogP) is 7.29. The molecule has 0 saturated heterocycles. The predicted molar refractivity (Wildman–Crippen MR) is 136 cm³/mol. The van der Waals surface area contributed by atoms with Crippen LogP contribution in [0.5, 0.6) is 0 Å². The number of benzene rings is 3. The monoisotopic (exact) mass is 520 g/mol. The summed E-state index contributed by atoms with van der Waals surface area (Å²) in [7, 11) is -1.87. The minimum absolute atomic E-state index is 0. The molecule has 1 atom stereocenters. The van der Waals surface area contributed by atoms with E-state index in [0.717, 1.165) is 6.42 Å². The molecule has 0 spiro atoms. The minimum Gasteiger partial charge on any atom is -0.147 e. The van der Waals surface area contributed by atoms with Gasteiger partial charge in [-0.05, 0) is 46.2 Å². The molecule has 2 aliphatic rings. The van der Waals surface area contributed by atoms with Gasteiger partial charge in [0.25, 0.3) is 0 Å². The van der Waals surface area contributed by atoms with Gasteiger partial charge in [0, 0.05) is 31.2 Å². The van der Waals surface area contributed by atoms with Crippen molar-refractivity contribution in [1.82, 2.24) is 0 Å². The zero-order chi connectivity index (χ0) is 20.1. The summed E-state index contributed by atoms with van der Waals surface area (Å²) in [6.45, 7) is 7.56. The number of unbranched alkanes of at least 4 members (excludes halogenated alkanes) is 1. The summed E-state index contributed by atoms with van der Waals surface area (Å²) in [5.74, 6) is 0. The molecular weight excluding hydrogens is 491 g/mol. The molecule has 5 rings (SSSR count). The molecule has 0 aliphatic heterocycles. The summed E-state index contributed by atoms with van der Waals surface area (Å²) in [5, 5.41) is 1.84. The van der Waals surface area contributed by atoms with E-state index in [0.29, 0.717) is 0 Å². The molecule has 0 N–H and O–H groups in total. The van der Waals surface area contributed by atoms with Crippen LogP contribution >= 0.6 is 12.4 Å². The Hall–Kier alpha value is -1.21. The minimum atomic E-state index is -1.87. The zero-order valence-electron chi connectivity index (χ0n) is 18.7. The Bertz CT molecular complexity index is 1120. The van der Waals surface area contributed by atoms with Crippen molar-refractivity contribution in [2.45, 2.75) is 50.7 Å². The molecule has 0 saturated carbocycles. The third-order valence-electron chi connectivity index (χ3n) is 7.55. The Balaban J connectivity index is 0.00000136. The van der Waals surface area contributed by atoms with Crippen LogP contribution in [0.1, 0.15) is 48.4 Å². The van der Waals surface area contributed by atoms with Crippen molar-refractivity contribution >= 4 is 31.7 Å². The van der Waals surface area contributed by atoms with Crippen LogP contribution in [0.3, 0.4) is 0 Å². The van der Waals surface area contributed by atoms with E-state index in [1.807, 2.05) is 0 Å². The van der Waals surface area contributed by atoms with Gasteiger partial charge in [-0.25, -0.2) is 0 Å². The maximum absolute atomic E-state index is 2.62. The van der Waals surface area contributed by atoms with E-state index in [2.05, 4.69) is 98.9 Å². The molecular formula is C28H31ClSiZr. The quantitative estimate of drug-likeness (QED) is 0.242. The molecule has 0 radical (unpaired) electrons.